The van der Waals surface area contributed by atoms with Crippen molar-refractivity contribution in [3.05, 3.63) is 59.7 Å². The molecule has 0 spiro atoms. The number of thioether (sulfide) groups is 1. The largest absolute Gasteiger partial charge is 0.494 e. The molecule has 5 nitrogen and oxygen atoms in total. The van der Waals surface area contributed by atoms with Gasteiger partial charge in [-0.15, -0.1) is 11.8 Å². The van der Waals surface area contributed by atoms with Gasteiger partial charge in [0.1, 0.15) is 5.75 Å². The molecule has 0 fully saturated rings. The third kappa shape index (κ3) is 6.11. The van der Waals surface area contributed by atoms with E-state index in [1.807, 2.05) is 61.7 Å². The molecule has 2 rings (SSSR count). The minimum atomic E-state index is -0.953. The van der Waals surface area contributed by atoms with Crippen molar-refractivity contribution in [3.8, 4) is 5.75 Å². The summed E-state index contributed by atoms with van der Waals surface area (Å²) in [7, 11) is 0. The van der Waals surface area contributed by atoms with Gasteiger partial charge in [0.15, 0.2) is 0 Å². The number of hydrogen-bond donors (Lipinski definition) is 2. The van der Waals surface area contributed by atoms with Crippen molar-refractivity contribution in [2.24, 2.45) is 0 Å². The molecule has 138 valence electrons. The second kappa shape index (κ2) is 9.87. The average molecular weight is 373 g/mol. The third-order valence-electron chi connectivity index (χ3n) is 3.83. The summed E-state index contributed by atoms with van der Waals surface area (Å²) in [6, 6.07) is 14.3. The standard InChI is InChI=1S/C20H23NO4S/c1-3-25-16-8-4-14(5-9-16)12-19(22)21-18(13-20(23)24)15-6-10-17(26-2)11-7-15/h4-11,18H,3,12-13H2,1-2H3,(H,21,22)(H,23,24). The van der Waals surface area contributed by atoms with Crippen LogP contribution in [0.4, 0.5) is 0 Å². The van der Waals surface area contributed by atoms with Crippen molar-refractivity contribution in [1.82, 2.24) is 5.32 Å². The van der Waals surface area contributed by atoms with Gasteiger partial charge in [0, 0.05) is 4.90 Å². The fourth-order valence-electron chi connectivity index (χ4n) is 2.56. The highest BCUT2D eigenvalue weighted by Crippen LogP contribution is 2.22. The van der Waals surface area contributed by atoms with Crippen LogP contribution in [-0.2, 0) is 16.0 Å². The Labute approximate surface area is 157 Å². The number of benzene rings is 2. The van der Waals surface area contributed by atoms with Gasteiger partial charge in [0.25, 0.3) is 0 Å². The molecule has 0 aromatic heterocycles. The molecule has 1 amide bonds. The van der Waals surface area contributed by atoms with Gasteiger partial charge >= 0.3 is 5.97 Å². The molecule has 0 aliphatic heterocycles. The minimum Gasteiger partial charge on any atom is -0.494 e. The van der Waals surface area contributed by atoms with Crippen molar-refractivity contribution in [3.63, 3.8) is 0 Å². The summed E-state index contributed by atoms with van der Waals surface area (Å²) in [4.78, 5) is 24.6. The lowest BCUT2D eigenvalue weighted by Crippen LogP contribution is -2.31. The molecule has 0 bridgehead atoms. The number of ether oxygens (including phenoxy) is 1. The monoisotopic (exact) mass is 373 g/mol. The van der Waals surface area contributed by atoms with Crippen LogP contribution in [0.3, 0.4) is 0 Å². The second-order valence-corrected chi connectivity index (χ2v) is 6.62. The first-order valence-electron chi connectivity index (χ1n) is 8.38. The number of carboxylic acid groups (broad SMARTS) is 1. The molecule has 6 heteroatoms. The quantitative estimate of drug-likeness (QED) is 0.656. The summed E-state index contributed by atoms with van der Waals surface area (Å²) >= 11 is 1.61. The zero-order valence-corrected chi connectivity index (χ0v) is 15.7. The topological polar surface area (TPSA) is 75.6 Å². The number of hydrogen-bond acceptors (Lipinski definition) is 4. The SMILES string of the molecule is CCOc1ccc(CC(=O)NC(CC(=O)O)c2ccc(SC)cc2)cc1. The zero-order valence-electron chi connectivity index (χ0n) is 14.9. The van der Waals surface area contributed by atoms with Gasteiger partial charge in [-0.1, -0.05) is 24.3 Å². The van der Waals surface area contributed by atoms with Crippen molar-refractivity contribution in [2.75, 3.05) is 12.9 Å². The van der Waals surface area contributed by atoms with Gasteiger partial charge in [-0.3, -0.25) is 9.59 Å². The lowest BCUT2D eigenvalue weighted by Gasteiger charge is -2.18. The molecular weight excluding hydrogens is 350 g/mol. The molecule has 26 heavy (non-hydrogen) atoms. The predicted molar refractivity (Wildman–Crippen MR) is 103 cm³/mol. The van der Waals surface area contributed by atoms with Gasteiger partial charge in [-0.2, -0.15) is 0 Å². The molecule has 0 aliphatic carbocycles. The summed E-state index contributed by atoms with van der Waals surface area (Å²) in [5, 5.41) is 12.0. The van der Waals surface area contributed by atoms with Crippen molar-refractivity contribution >= 4 is 23.6 Å². The molecule has 2 N–H and O–H groups in total. The Hall–Kier alpha value is -2.47. The molecule has 2 aromatic carbocycles. The highest BCUT2D eigenvalue weighted by atomic mass is 32.2. The molecule has 0 radical (unpaired) electrons. The smallest absolute Gasteiger partial charge is 0.305 e. The summed E-state index contributed by atoms with van der Waals surface area (Å²) in [5.74, 6) is -0.408. The molecule has 1 atom stereocenters. The molecule has 0 aliphatic rings. The summed E-state index contributed by atoms with van der Waals surface area (Å²) in [6.07, 6.45) is 2.00. The van der Waals surface area contributed by atoms with Crippen LogP contribution in [0.2, 0.25) is 0 Å². The fourth-order valence-corrected chi connectivity index (χ4v) is 2.97. The Balaban J connectivity index is 2.04. The van der Waals surface area contributed by atoms with E-state index in [4.69, 9.17) is 9.84 Å². The van der Waals surface area contributed by atoms with E-state index in [1.54, 1.807) is 11.8 Å². The molecule has 2 aromatic rings. The van der Waals surface area contributed by atoms with E-state index in [0.29, 0.717) is 6.61 Å². The maximum atomic E-state index is 12.4. The number of carboxylic acids is 1. The summed E-state index contributed by atoms with van der Waals surface area (Å²) in [6.45, 7) is 2.50. The van der Waals surface area contributed by atoms with E-state index in [0.717, 1.165) is 21.8 Å². The van der Waals surface area contributed by atoms with Crippen molar-refractivity contribution in [1.29, 1.82) is 0 Å². The molecule has 0 saturated carbocycles. The molecule has 0 heterocycles. The maximum Gasteiger partial charge on any atom is 0.305 e. The van der Waals surface area contributed by atoms with Crippen LogP contribution < -0.4 is 10.1 Å². The van der Waals surface area contributed by atoms with Crippen LogP contribution in [0, 0.1) is 0 Å². The lowest BCUT2D eigenvalue weighted by molar-refractivity contribution is -0.137. The van der Waals surface area contributed by atoms with E-state index < -0.39 is 12.0 Å². The number of amides is 1. The van der Waals surface area contributed by atoms with E-state index in [-0.39, 0.29) is 18.7 Å². The van der Waals surface area contributed by atoms with Crippen LogP contribution in [0.5, 0.6) is 5.75 Å². The van der Waals surface area contributed by atoms with E-state index in [2.05, 4.69) is 5.32 Å². The number of nitrogens with one attached hydrogen (secondary N) is 1. The van der Waals surface area contributed by atoms with Crippen LogP contribution in [-0.4, -0.2) is 29.8 Å². The average Bonchev–Trinajstić information content (AvgIpc) is 2.63. The number of rotatable bonds is 9. The minimum absolute atomic E-state index is 0.159. The normalized spacial score (nSPS) is 11.6. The first-order chi connectivity index (χ1) is 12.5. The second-order valence-electron chi connectivity index (χ2n) is 5.74. The number of carbonyl (C=O) groups excluding carboxylic acids is 1. The van der Waals surface area contributed by atoms with Crippen LogP contribution >= 0.6 is 11.8 Å². The Bertz CT molecular complexity index is 728. The Kier molecular flexibility index (Phi) is 7.53. The van der Waals surface area contributed by atoms with Crippen LogP contribution in [0.1, 0.15) is 30.5 Å². The van der Waals surface area contributed by atoms with Crippen LogP contribution in [0.25, 0.3) is 0 Å². The number of carbonyl (C=O) groups is 2. The zero-order chi connectivity index (χ0) is 18.9. The van der Waals surface area contributed by atoms with Gasteiger partial charge in [-0.25, -0.2) is 0 Å². The van der Waals surface area contributed by atoms with E-state index in [9.17, 15) is 9.59 Å². The maximum absolute atomic E-state index is 12.4. The summed E-state index contributed by atoms with van der Waals surface area (Å²) < 4.78 is 5.38. The van der Waals surface area contributed by atoms with Crippen molar-refractivity contribution < 1.29 is 19.4 Å². The highest BCUT2D eigenvalue weighted by molar-refractivity contribution is 7.98. The van der Waals surface area contributed by atoms with Gasteiger partial charge < -0.3 is 15.2 Å². The van der Waals surface area contributed by atoms with Crippen LogP contribution in [0.15, 0.2) is 53.4 Å². The first kappa shape index (κ1) is 19.8. The third-order valence-corrected chi connectivity index (χ3v) is 4.57. The summed E-state index contributed by atoms with van der Waals surface area (Å²) in [5.41, 5.74) is 1.63. The molecule has 0 saturated heterocycles. The van der Waals surface area contributed by atoms with Crippen molar-refractivity contribution in [2.45, 2.75) is 30.7 Å². The Morgan fingerprint density at radius 3 is 2.31 bits per heavy atom. The number of aliphatic carboxylic acids is 1. The first-order valence-corrected chi connectivity index (χ1v) is 9.61. The fraction of sp³-hybridized carbons (Fsp3) is 0.300. The molecule has 1 unspecified atom stereocenters. The Morgan fingerprint density at radius 2 is 1.77 bits per heavy atom. The van der Waals surface area contributed by atoms with E-state index in [1.165, 1.54) is 0 Å². The Morgan fingerprint density at radius 1 is 1.12 bits per heavy atom. The van der Waals surface area contributed by atoms with E-state index >= 15 is 0 Å². The lowest BCUT2D eigenvalue weighted by atomic mass is 10.0. The van der Waals surface area contributed by atoms with Gasteiger partial charge in [0.2, 0.25) is 5.91 Å². The molecular formula is C20H23NO4S. The predicted octanol–water partition coefficient (Wildman–Crippen LogP) is 3.68. The highest BCUT2D eigenvalue weighted by Gasteiger charge is 2.18. The van der Waals surface area contributed by atoms with Gasteiger partial charge in [-0.05, 0) is 48.6 Å². The van der Waals surface area contributed by atoms with Gasteiger partial charge in [0.05, 0.1) is 25.5 Å².